The van der Waals surface area contributed by atoms with Crippen molar-refractivity contribution in [3.63, 3.8) is 0 Å². The highest BCUT2D eigenvalue weighted by Crippen LogP contribution is 2.41. The number of carbonyl (C=O) groups is 2. The minimum atomic E-state index is -4.80. The fourth-order valence-corrected chi connectivity index (χ4v) is 4.20. The van der Waals surface area contributed by atoms with Crippen molar-refractivity contribution in [2.24, 2.45) is 5.10 Å². The van der Waals surface area contributed by atoms with Crippen molar-refractivity contribution >= 4 is 23.2 Å². The van der Waals surface area contributed by atoms with Gasteiger partial charge < -0.3 is 20.3 Å². The van der Waals surface area contributed by atoms with Crippen LogP contribution in [0.15, 0.2) is 36.0 Å². The number of nitrogens with one attached hydrogen (secondary N) is 3. The normalized spacial score (nSPS) is 24.4. The summed E-state index contributed by atoms with van der Waals surface area (Å²) in [7, 11) is 0. The lowest BCUT2D eigenvalue weighted by molar-refractivity contribution is -0.270. The molecule has 36 heavy (non-hydrogen) atoms. The van der Waals surface area contributed by atoms with Gasteiger partial charge in [0.2, 0.25) is 0 Å². The second-order valence-electron chi connectivity index (χ2n) is 8.80. The molecule has 4 N–H and O–H groups in total. The van der Waals surface area contributed by atoms with E-state index in [0.717, 1.165) is 0 Å². The third-order valence-corrected chi connectivity index (χ3v) is 6.38. The number of benzene rings is 1. The van der Waals surface area contributed by atoms with E-state index in [-0.39, 0.29) is 36.8 Å². The predicted octanol–water partition coefficient (Wildman–Crippen LogP) is 3.00. The van der Waals surface area contributed by atoms with E-state index in [9.17, 15) is 36.6 Å². The lowest BCUT2D eigenvalue weighted by Gasteiger charge is -2.37. The third kappa shape index (κ3) is 5.32. The van der Waals surface area contributed by atoms with Crippen LogP contribution in [0.1, 0.15) is 55.0 Å². The molecule has 1 saturated carbocycles. The Hall–Kier alpha value is -3.55. The first-order chi connectivity index (χ1) is 17.0. The summed E-state index contributed by atoms with van der Waals surface area (Å²) in [4.78, 5) is 29.4. The lowest BCUT2D eigenvalue weighted by Crippen LogP contribution is -2.51. The van der Waals surface area contributed by atoms with E-state index in [1.807, 2.05) is 0 Å². The zero-order chi connectivity index (χ0) is 26.1. The van der Waals surface area contributed by atoms with E-state index >= 15 is 0 Å². The first kappa shape index (κ1) is 25.5. The Morgan fingerprint density at radius 2 is 1.81 bits per heavy atom. The fourth-order valence-electron chi connectivity index (χ4n) is 4.20. The summed E-state index contributed by atoms with van der Waals surface area (Å²) in [5.41, 5.74) is -0.682. The molecule has 1 aliphatic heterocycles. The topological polar surface area (TPSA) is 121 Å². The summed E-state index contributed by atoms with van der Waals surface area (Å²) < 4.78 is 68.7. The number of anilines is 1. The summed E-state index contributed by atoms with van der Waals surface area (Å²) in [6.45, 7) is 0. The standard InChI is InChI=1S/C22H23F5N6O3/c23-14-9-13(19(34)29-12-3-5-21(36,6-4-12)22(25,26)27)17(10-15(14)24)30-20(35)16-1-2-18(32-31-16)33-8-7-28-11-33/h7-12,18,32,36H,1-6H2,(H,29,34)(H,30,35). The molecule has 2 aromatic rings. The van der Waals surface area contributed by atoms with Crippen LogP contribution in [0.4, 0.5) is 27.6 Å². The van der Waals surface area contributed by atoms with Crippen LogP contribution < -0.4 is 16.1 Å². The number of amides is 2. The summed E-state index contributed by atoms with van der Waals surface area (Å²) in [5.74, 6) is -4.29. The smallest absolute Gasteiger partial charge is 0.380 e. The van der Waals surface area contributed by atoms with Gasteiger partial charge in [-0.25, -0.2) is 13.8 Å². The average Bonchev–Trinajstić information content (AvgIpc) is 3.37. The zero-order valence-electron chi connectivity index (χ0n) is 18.8. The minimum absolute atomic E-state index is 0.0705. The van der Waals surface area contributed by atoms with Gasteiger partial charge in [-0.15, -0.1) is 0 Å². The number of rotatable bonds is 5. The first-order valence-electron chi connectivity index (χ1n) is 11.2. The van der Waals surface area contributed by atoms with Crippen LogP contribution in [-0.4, -0.2) is 50.0 Å². The Kier molecular flexibility index (Phi) is 6.98. The van der Waals surface area contributed by atoms with Gasteiger partial charge in [-0.2, -0.15) is 18.3 Å². The molecule has 1 unspecified atom stereocenters. The quantitative estimate of drug-likeness (QED) is 0.458. The van der Waals surface area contributed by atoms with E-state index in [1.54, 1.807) is 23.3 Å². The SMILES string of the molecule is O=C(Nc1cc(F)c(F)cc1C(=O)NC1CCC(O)(C(F)(F)F)CC1)C1=NNC(n2ccnc2)CC1. The second kappa shape index (κ2) is 9.84. The van der Waals surface area contributed by atoms with Gasteiger partial charge in [0.05, 0.1) is 17.6 Å². The molecule has 9 nitrogen and oxygen atoms in total. The molecule has 4 rings (SSSR count). The van der Waals surface area contributed by atoms with E-state index in [4.69, 9.17) is 0 Å². The molecule has 2 aliphatic rings. The zero-order valence-corrected chi connectivity index (χ0v) is 18.8. The van der Waals surface area contributed by atoms with Gasteiger partial charge >= 0.3 is 6.18 Å². The largest absolute Gasteiger partial charge is 0.417 e. The molecule has 0 saturated heterocycles. The number of hydrogen-bond acceptors (Lipinski definition) is 6. The highest BCUT2D eigenvalue weighted by molar-refractivity contribution is 6.43. The van der Waals surface area contributed by atoms with Crippen molar-refractivity contribution in [2.45, 2.75) is 62.5 Å². The van der Waals surface area contributed by atoms with Crippen molar-refractivity contribution in [1.82, 2.24) is 20.3 Å². The predicted molar refractivity (Wildman–Crippen MR) is 117 cm³/mol. The highest BCUT2D eigenvalue weighted by Gasteiger charge is 2.54. The summed E-state index contributed by atoms with van der Waals surface area (Å²) in [6.07, 6.45) is -0.967. The first-order valence-corrected chi connectivity index (χ1v) is 11.2. The number of nitrogens with zero attached hydrogens (tertiary/aromatic N) is 3. The van der Waals surface area contributed by atoms with Crippen LogP contribution >= 0.6 is 0 Å². The molecule has 2 amide bonds. The van der Waals surface area contributed by atoms with Gasteiger partial charge in [0.15, 0.2) is 17.2 Å². The highest BCUT2D eigenvalue weighted by atomic mass is 19.4. The van der Waals surface area contributed by atoms with Gasteiger partial charge in [0, 0.05) is 30.9 Å². The monoisotopic (exact) mass is 514 g/mol. The molecular weight excluding hydrogens is 491 g/mol. The van der Waals surface area contributed by atoms with Crippen LogP contribution in [-0.2, 0) is 4.79 Å². The van der Waals surface area contributed by atoms with Crippen LogP contribution in [0.25, 0.3) is 0 Å². The molecule has 0 spiro atoms. The van der Waals surface area contributed by atoms with Gasteiger partial charge in [-0.3, -0.25) is 15.0 Å². The Bertz CT molecular complexity index is 1160. The van der Waals surface area contributed by atoms with Crippen LogP contribution in [0, 0.1) is 11.6 Å². The third-order valence-electron chi connectivity index (χ3n) is 6.38. The molecule has 0 radical (unpaired) electrons. The van der Waals surface area contributed by atoms with Crippen molar-refractivity contribution in [3.8, 4) is 0 Å². The number of imidazole rings is 1. The molecule has 14 heteroatoms. The second-order valence-corrected chi connectivity index (χ2v) is 8.80. The van der Waals surface area contributed by atoms with Crippen molar-refractivity contribution in [1.29, 1.82) is 0 Å². The number of hydrogen-bond donors (Lipinski definition) is 4. The maximum absolute atomic E-state index is 13.9. The van der Waals surface area contributed by atoms with Crippen molar-refractivity contribution in [3.05, 3.63) is 48.1 Å². The number of halogens is 5. The Morgan fingerprint density at radius 1 is 1.11 bits per heavy atom. The van der Waals surface area contributed by atoms with E-state index in [2.05, 4.69) is 26.1 Å². The van der Waals surface area contributed by atoms with E-state index in [0.29, 0.717) is 18.6 Å². The van der Waals surface area contributed by atoms with Gasteiger partial charge in [-0.05, 0) is 38.2 Å². The maximum atomic E-state index is 13.9. The van der Waals surface area contributed by atoms with Gasteiger partial charge in [-0.1, -0.05) is 0 Å². The number of alkyl halides is 3. The number of carbonyl (C=O) groups excluding carboxylic acids is 2. The van der Waals surface area contributed by atoms with E-state index in [1.165, 1.54) is 0 Å². The van der Waals surface area contributed by atoms with Crippen LogP contribution in [0.2, 0.25) is 0 Å². The summed E-state index contributed by atoms with van der Waals surface area (Å²) in [6, 6.07) is 0.519. The van der Waals surface area contributed by atoms with Crippen molar-refractivity contribution in [2.75, 3.05) is 5.32 Å². The number of aromatic nitrogens is 2. The molecule has 194 valence electrons. The minimum Gasteiger partial charge on any atom is -0.380 e. The average molecular weight is 514 g/mol. The molecule has 1 fully saturated rings. The number of hydrazone groups is 1. The van der Waals surface area contributed by atoms with Crippen LogP contribution in [0.3, 0.4) is 0 Å². The van der Waals surface area contributed by atoms with Crippen molar-refractivity contribution < 1.29 is 36.6 Å². The van der Waals surface area contributed by atoms with Crippen LogP contribution in [0.5, 0.6) is 0 Å². The molecule has 1 aromatic carbocycles. The lowest BCUT2D eigenvalue weighted by atomic mass is 9.81. The molecule has 0 bridgehead atoms. The fraction of sp³-hybridized carbons (Fsp3) is 0.455. The maximum Gasteiger partial charge on any atom is 0.417 e. The van der Waals surface area contributed by atoms with Gasteiger partial charge in [0.25, 0.3) is 11.8 Å². The molecule has 1 aliphatic carbocycles. The summed E-state index contributed by atoms with van der Waals surface area (Å²) in [5, 5.41) is 18.7. The molecular formula is C22H23F5N6O3. The Labute approximate surface area is 201 Å². The van der Waals surface area contributed by atoms with Gasteiger partial charge in [0.1, 0.15) is 11.9 Å². The number of aliphatic hydroxyl groups is 1. The summed E-state index contributed by atoms with van der Waals surface area (Å²) >= 11 is 0. The molecule has 1 aromatic heterocycles. The van der Waals surface area contributed by atoms with E-state index < -0.39 is 59.7 Å². The molecule has 1 atom stereocenters. The Morgan fingerprint density at radius 3 is 2.39 bits per heavy atom. The Balaban J connectivity index is 1.44. The molecule has 2 heterocycles.